The lowest BCUT2D eigenvalue weighted by Gasteiger charge is -2.16. The molecule has 1 fully saturated rings. The van der Waals surface area contributed by atoms with Gasteiger partial charge in [-0.05, 0) is 55.1 Å². The maximum Gasteiger partial charge on any atom is 0.320 e. The first-order valence-electron chi connectivity index (χ1n) is 11.4. The van der Waals surface area contributed by atoms with Crippen molar-refractivity contribution in [3.05, 3.63) is 54.3 Å². The summed E-state index contributed by atoms with van der Waals surface area (Å²) in [5.74, 6) is -0.326. The van der Waals surface area contributed by atoms with Crippen molar-refractivity contribution in [2.45, 2.75) is 19.4 Å². The number of ether oxygens (including phenoxy) is 3. The third-order valence-electron chi connectivity index (χ3n) is 6.69. The molecule has 1 aliphatic carbocycles. The van der Waals surface area contributed by atoms with Crippen molar-refractivity contribution in [1.82, 2.24) is 14.9 Å². The number of rotatable bonds is 8. The third kappa shape index (κ3) is 4.35. The molecule has 0 radical (unpaired) electrons. The summed E-state index contributed by atoms with van der Waals surface area (Å²) in [6.07, 6.45) is 0.993. The number of aromatic nitrogens is 2. The Hall–Kier alpha value is -3.49. The van der Waals surface area contributed by atoms with E-state index < -0.39 is 5.82 Å². The minimum atomic E-state index is -0.567. The number of benzene rings is 3. The maximum atomic E-state index is 16.0. The van der Waals surface area contributed by atoms with Crippen molar-refractivity contribution in [3.63, 3.8) is 0 Å². The van der Waals surface area contributed by atoms with E-state index in [1.807, 2.05) is 44.4 Å². The van der Waals surface area contributed by atoms with Gasteiger partial charge in [0.1, 0.15) is 11.3 Å². The number of hydrogen-bond donors (Lipinski definition) is 1. The molecule has 0 bridgehead atoms. The molecule has 0 amide bonds. The van der Waals surface area contributed by atoms with Crippen molar-refractivity contribution in [2.24, 2.45) is 5.41 Å². The highest BCUT2D eigenvalue weighted by molar-refractivity contribution is 6.00. The van der Waals surface area contributed by atoms with E-state index in [0.29, 0.717) is 29.5 Å². The van der Waals surface area contributed by atoms with Gasteiger partial charge in [0.15, 0.2) is 12.6 Å². The van der Waals surface area contributed by atoms with Gasteiger partial charge in [-0.2, -0.15) is 9.97 Å². The van der Waals surface area contributed by atoms with Gasteiger partial charge < -0.3 is 24.2 Å². The molecule has 0 aliphatic heterocycles. The van der Waals surface area contributed by atoms with Crippen LogP contribution in [0.3, 0.4) is 0 Å². The van der Waals surface area contributed by atoms with E-state index in [-0.39, 0.29) is 35.0 Å². The van der Waals surface area contributed by atoms with Gasteiger partial charge >= 0.3 is 6.01 Å². The zero-order chi connectivity index (χ0) is 24.7. The molecule has 3 aromatic carbocycles. The largest absolute Gasteiger partial charge is 0.493 e. The SMILES string of the molecule is COCOc1cc(-c2ccc3c(O)nc(OCC4(C)CC4N(C)C)nc3c2F)c2ccccc2c1. The molecule has 1 aromatic heterocycles. The second-order valence-electron chi connectivity index (χ2n) is 9.52. The molecule has 7 nitrogen and oxygen atoms in total. The van der Waals surface area contributed by atoms with Gasteiger partial charge in [0.05, 0.1) is 12.0 Å². The van der Waals surface area contributed by atoms with Crippen LogP contribution >= 0.6 is 0 Å². The minimum absolute atomic E-state index is 0.00223. The van der Waals surface area contributed by atoms with Crippen molar-refractivity contribution >= 4 is 21.7 Å². The summed E-state index contributed by atoms with van der Waals surface area (Å²) in [4.78, 5) is 10.5. The van der Waals surface area contributed by atoms with E-state index in [9.17, 15) is 5.11 Å². The Morgan fingerprint density at radius 1 is 1.06 bits per heavy atom. The number of fused-ring (bicyclic) bond motifs is 2. The lowest BCUT2D eigenvalue weighted by Crippen LogP contribution is -2.24. The van der Waals surface area contributed by atoms with Crippen LogP contribution in [0.2, 0.25) is 0 Å². The molecule has 1 saturated carbocycles. The van der Waals surface area contributed by atoms with Gasteiger partial charge in [-0.15, -0.1) is 0 Å². The average molecular weight is 478 g/mol. The molecule has 0 spiro atoms. The molecular formula is C27H28FN3O4. The lowest BCUT2D eigenvalue weighted by atomic mass is 9.96. The molecule has 0 saturated heterocycles. The number of methoxy groups -OCH3 is 1. The monoisotopic (exact) mass is 477 g/mol. The Bertz CT molecular complexity index is 1410. The van der Waals surface area contributed by atoms with Crippen LogP contribution < -0.4 is 9.47 Å². The number of nitrogens with zero attached hydrogens (tertiary/aromatic N) is 3. The number of hydrogen-bond acceptors (Lipinski definition) is 7. The molecule has 5 rings (SSSR count). The molecule has 8 heteroatoms. The van der Waals surface area contributed by atoms with Crippen LogP contribution in [0.15, 0.2) is 48.5 Å². The summed E-state index contributed by atoms with van der Waals surface area (Å²) in [5.41, 5.74) is 0.956. The highest BCUT2D eigenvalue weighted by atomic mass is 19.1. The highest BCUT2D eigenvalue weighted by Crippen LogP contribution is 2.48. The zero-order valence-electron chi connectivity index (χ0n) is 20.2. The van der Waals surface area contributed by atoms with Crippen molar-refractivity contribution in [3.8, 4) is 28.8 Å². The number of aromatic hydroxyl groups is 1. The van der Waals surface area contributed by atoms with Crippen LogP contribution in [0.25, 0.3) is 32.8 Å². The fourth-order valence-electron chi connectivity index (χ4n) is 4.69. The summed E-state index contributed by atoms with van der Waals surface area (Å²) in [6, 6.07) is 15.0. The summed E-state index contributed by atoms with van der Waals surface area (Å²) < 4.78 is 32.5. The molecule has 1 heterocycles. The van der Waals surface area contributed by atoms with Crippen LogP contribution in [0.1, 0.15) is 13.3 Å². The first kappa shape index (κ1) is 23.3. The minimum Gasteiger partial charge on any atom is -0.493 e. The first-order valence-corrected chi connectivity index (χ1v) is 11.4. The van der Waals surface area contributed by atoms with Crippen LogP contribution in [0, 0.1) is 11.2 Å². The van der Waals surface area contributed by atoms with Crippen LogP contribution in [-0.2, 0) is 4.74 Å². The summed E-state index contributed by atoms with van der Waals surface area (Å²) in [6.45, 7) is 2.58. The molecule has 35 heavy (non-hydrogen) atoms. The van der Waals surface area contributed by atoms with Gasteiger partial charge in [0, 0.05) is 24.1 Å². The first-order chi connectivity index (χ1) is 16.8. The quantitative estimate of drug-likeness (QED) is 0.358. The van der Waals surface area contributed by atoms with Crippen LogP contribution in [0.4, 0.5) is 4.39 Å². The molecule has 4 aromatic rings. The van der Waals surface area contributed by atoms with E-state index in [2.05, 4.69) is 21.8 Å². The molecular weight excluding hydrogens is 449 g/mol. The van der Waals surface area contributed by atoms with Crippen molar-refractivity contribution in [1.29, 1.82) is 0 Å². The average Bonchev–Trinajstić information content (AvgIpc) is 3.54. The van der Waals surface area contributed by atoms with E-state index in [4.69, 9.17) is 14.2 Å². The number of halogens is 1. The second kappa shape index (κ2) is 8.94. The Kier molecular flexibility index (Phi) is 5.94. The van der Waals surface area contributed by atoms with Crippen LogP contribution in [-0.4, -0.2) is 60.6 Å². The Morgan fingerprint density at radius 3 is 2.60 bits per heavy atom. The smallest absolute Gasteiger partial charge is 0.320 e. The zero-order valence-corrected chi connectivity index (χ0v) is 20.2. The second-order valence-corrected chi connectivity index (χ2v) is 9.52. The summed E-state index contributed by atoms with van der Waals surface area (Å²) in [5, 5.41) is 12.5. The van der Waals surface area contributed by atoms with E-state index >= 15 is 4.39 Å². The van der Waals surface area contributed by atoms with Gasteiger partial charge in [-0.1, -0.05) is 37.3 Å². The topological polar surface area (TPSA) is 76.9 Å². The molecule has 1 aliphatic rings. The Morgan fingerprint density at radius 2 is 1.86 bits per heavy atom. The van der Waals surface area contributed by atoms with Crippen molar-refractivity contribution < 1.29 is 23.7 Å². The van der Waals surface area contributed by atoms with E-state index in [1.165, 1.54) is 0 Å². The van der Waals surface area contributed by atoms with Gasteiger partial charge in [0.2, 0.25) is 5.88 Å². The van der Waals surface area contributed by atoms with Crippen LogP contribution in [0.5, 0.6) is 17.6 Å². The lowest BCUT2D eigenvalue weighted by molar-refractivity contribution is 0.0512. The Balaban J connectivity index is 1.56. The van der Waals surface area contributed by atoms with E-state index in [1.54, 1.807) is 25.3 Å². The van der Waals surface area contributed by atoms with Gasteiger partial charge in [0.25, 0.3) is 0 Å². The molecule has 2 unspecified atom stereocenters. The highest BCUT2D eigenvalue weighted by Gasteiger charge is 2.52. The van der Waals surface area contributed by atoms with Crippen molar-refractivity contribution in [2.75, 3.05) is 34.6 Å². The summed E-state index contributed by atoms with van der Waals surface area (Å²) in [7, 11) is 5.61. The molecule has 2 atom stereocenters. The molecule has 182 valence electrons. The van der Waals surface area contributed by atoms with Gasteiger partial charge in [-0.3, -0.25) is 0 Å². The predicted octanol–water partition coefficient (Wildman–Crippen LogP) is 5.00. The predicted molar refractivity (Wildman–Crippen MR) is 132 cm³/mol. The Labute approximate surface area is 203 Å². The summed E-state index contributed by atoms with van der Waals surface area (Å²) >= 11 is 0. The van der Waals surface area contributed by atoms with Gasteiger partial charge in [-0.25, -0.2) is 4.39 Å². The third-order valence-corrected chi connectivity index (χ3v) is 6.69. The maximum absolute atomic E-state index is 16.0. The van der Waals surface area contributed by atoms with E-state index in [0.717, 1.165) is 17.2 Å². The normalized spacial score (nSPS) is 19.4. The molecule has 1 N–H and O–H groups in total. The standard InChI is InChI=1S/C27H28FN3O4/c1-27(13-22(27)31(2)3)14-34-26-29-24-20(25(32)30-26)10-9-19(23(24)28)21-12-17(35-15-33-4)11-16-7-5-6-8-18(16)21/h5-12,22H,13-15H2,1-4H3,(H,29,30,32). The fourth-order valence-corrected chi connectivity index (χ4v) is 4.69. The fraction of sp³-hybridized carbons (Fsp3) is 0.333.